The minimum absolute atomic E-state index is 0.151. The Morgan fingerprint density at radius 1 is 1.08 bits per heavy atom. The maximum absolute atomic E-state index is 12.6. The van der Waals surface area contributed by atoms with Crippen LogP contribution in [0.2, 0.25) is 0 Å². The highest BCUT2D eigenvalue weighted by atomic mass is 16.7. The summed E-state index contributed by atoms with van der Waals surface area (Å²) in [6.45, 7) is 0. The van der Waals surface area contributed by atoms with Gasteiger partial charge in [-0.2, -0.15) is 0 Å². The van der Waals surface area contributed by atoms with Gasteiger partial charge in [-0.1, -0.05) is 30.4 Å². The van der Waals surface area contributed by atoms with Crippen LogP contribution in [0.3, 0.4) is 0 Å². The molecule has 0 aliphatic heterocycles. The van der Waals surface area contributed by atoms with Crippen LogP contribution in [0.25, 0.3) is 0 Å². The molecule has 1 aromatic rings. The SMILES string of the molecule is COC1(OC)C=CC(=NC(=O)c2ccccc2)C2C3C=CC(CC3)C21. The second kappa shape index (κ2) is 6.36. The van der Waals surface area contributed by atoms with Crippen molar-refractivity contribution in [2.24, 2.45) is 28.7 Å². The molecule has 1 fully saturated rings. The average Bonchev–Trinajstić information content (AvgIpc) is 2.70. The van der Waals surface area contributed by atoms with Crippen LogP contribution < -0.4 is 0 Å². The van der Waals surface area contributed by atoms with E-state index in [4.69, 9.17) is 9.47 Å². The zero-order valence-corrected chi connectivity index (χ0v) is 14.6. The van der Waals surface area contributed by atoms with Crippen LogP contribution in [0.1, 0.15) is 23.2 Å². The molecule has 1 saturated carbocycles. The highest BCUT2D eigenvalue weighted by Gasteiger charge is 2.55. The highest BCUT2D eigenvalue weighted by molar-refractivity contribution is 6.09. The molecule has 1 amide bonds. The molecule has 0 N–H and O–H groups in total. The second-order valence-electron chi connectivity index (χ2n) is 7.01. The Morgan fingerprint density at radius 3 is 2.40 bits per heavy atom. The summed E-state index contributed by atoms with van der Waals surface area (Å²) >= 11 is 0. The zero-order valence-electron chi connectivity index (χ0n) is 14.6. The van der Waals surface area contributed by atoms with Gasteiger partial charge in [0.15, 0.2) is 5.79 Å². The van der Waals surface area contributed by atoms with Crippen LogP contribution in [0.4, 0.5) is 0 Å². The first-order chi connectivity index (χ1) is 12.2. The number of amides is 1. The van der Waals surface area contributed by atoms with Gasteiger partial charge in [0.05, 0.1) is 0 Å². The molecule has 1 aromatic carbocycles. The molecule has 4 unspecified atom stereocenters. The van der Waals surface area contributed by atoms with Crippen LogP contribution in [0, 0.1) is 23.7 Å². The van der Waals surface area contributed by atoms with Gasteiger partial charge in [0.1, 0.15) is 0 Å². The van der Waals surface area contributed by atoms with Gasteiger partial charge in [-0.25, -0.2) is 4.99 Å². The number of carbonyl (C=O) groups is 1. The molecule has 4 atom stereocenters. The van der Waals surface area contributed by atoms with Gasteiger partial charge < -0.3 is 9.47 Å². The van der Waals surface area contributed by atoms with Crippen molar-refractivity contribution in [1.29, 1.82) is 0 Å². The molecule has 25 heavy (non-hydrogen) atoms. The second-order valence-corrected chi connectivity index (χ2v) is 7.01. The molecule has 4 heteroatoms. The zero-order chi connectivity index (χ0) is 17.4. The summed E-state index contributed by atoms with van der Waals surface area (Å²) in [5.74, 6) is 0.142. The van der Waals surface area contributed by atoms with Crippen molar-refractivity contribution in [3.8, 4) is 0 Å². The summed E-state index contributed by atoms with van der Waals surface area (Å²) in [6, 6.07) is 9.23. The van der Waals surface area contributed by atoms with E-state index in [0.29, 0.717) is 17.4 Å². The van der Waals surface area contributed by atoms with Crippen molar-refractivity contribution in [2.75, 3.05) is 14.2 Å². The van der Waals surface area contributed by atoms with Crippen LogP contribution in [-0.4, -0.2) is 31.6 Å². The van der Waals surface area contributed by atoms with Gasteiger partial charge in [0.2, 0.25) is 0 Å². The topological polar surface area (TPSA) is 47.9 Å². The average molecular weight is 337 g/mol. The van der Waals surface area contributed by atoms with E-state index in [1.165, 1.54) is 0 Å². The smallest absolute Gasteiger partial charge is 0.277 e. The third-order valence-corrected chi connectivity index (χ3v) is 5.93. The van der Waals surface area contributed by atoms with Crippen molar-refractivity contribution in [3.63, 3.8) is 0 Å². The van der Waals surface area contributed by atoms with Gasteiger partial charge in [-0.05, 0) is 49.0 Å². The number of hydrogen-bond donors (Lipinski definition) is 0. The predicted molar refractivity (Wildman–Crippen MR) is 96.4 cm³/mol. The lowest BCUT2D eigenvalue weighted by atomic mass is 9.56. The third-order valence-electron chi connectivity index (χ3n) is 5.93. The van der Waals surface area contributed by atoms with Gasteiger partial charge in [-0.3, -0.25) is 4.79 Å². The van der Waals surface area contributed by atoms with Gasteiger partial charge in [-0.15, -0.1) is 0 Å². The predicted octanol–water partition coefficient (Wildman–Crippen LogP) is 3.66. The number of fused-ring (bicyclic) bond motifs is 1. The number of hydrogen-bond acceptors (Lipinski definition) is 3. The van der Waals surface area contributed by atoms with Crippen molar-refractivity contribution < 1.29 is 14.3 Å². The Hall–Kier alpha value is -2.04. The van der Waals surface area contributed by atoms with Gasteiger partial charge in [0.25, 0.3) is 5.91 Å². The van der Waals surface area contributed by atoms with E-state index in [2.05, 4.69) is 17.1 Å². The minimum Gasteiger partial charge on any atom is -0.349 e. The monoisotopic (exact) mass is 337 g/mol. The number of benzene rings is 1. The molecule has 0 spiro atoms. The summed E-state index contributed by atoms with van der Waals surface area (Å²) in [5, 5.41) is 0. The molecule has 0 saturated heterocycles. The molecule has 130 valence electrons. The van der Waals surface area contributed by atoms with E-state index in [0.717, 1.165) is 18.6 Å². The summed E-state index contributed by atoms with van der Waals surface area (Å²) in [5.41, 5.74) is 1.47. The lowest BCUT2D eigenvalue weighted by Gasteiger charge is -2.53. The van der Waals surface area contributed by atoms with E-state index in [1.807, 2.05) is 30.4 Å². The fourth-order valence-electron chi connectivity index (χ4n) is 4.74. The highest BCUT2D eigenvalue weighted by Crippen LogP contribution is 2.53. The summed E-state index contributed by atoms with van der Waals surface area (Å²) in [7, 11) is 3.38. The summed E-state index contributed by atoms with van der Waals surface area (Å²) in [4.78, 5) is 17.1. The Labute approximate surface area is 148 Å². The van der Waals surface area contributed by atoms with Gasteiger partial charge >= 0.3 is 0 Å². The molecule has 0 radical (unpaired) electrons. The number of methoxy groups -OCH3 is 2. The van der Waals surface area contributed by atoms with E-state index >= 15 is 0 Å². The molecular weight excluding hydrogens is 314 g/mol. The number of ether oxygens (including phenoxy) is 2. The Morgan fingerprint density at radius 2 is 1.76 bits per heavy atom. The first-order valence-electron chi connectivity index (χ1n) is 8.84. The third kappa shape index (κ3) is 2.60. The quantitative estimate of drug-likeness (QED) is 0.625. The number of nitrogens with zero attached hydrogens (tertiary/aromatic N) is 1. The first-order valence-corrected chi connectivity index (χ1v) is 8.84. The normalized spacial score (nSPS) is 33.4. The Balaban J connectivity index is 1.76. The van der Waals surface area contributed by atoms with Crippen molar-refractivity contribution in [3.05, 3.63) is 60.2 Å². The molecule has 5 rings (SSSR count). The van der Waals surface area contributed by atoms with E-state index in [9.17, 15) is 4.79 Å². The number of rotatable bonds is 3. The van der Waals surface area contributed by atoms with E-state index < -0.39 is 5.79 Å². The van der Waals surface area contributed by atoms with Crippen LogP contribution in [0.15, 0.2) is 59.6 Å². The largest absolute Gasteiger partial charge is 0.349 e. The molecule has 0 heterocycles. The van der Waals surface area contributed by atoms with Crippen LogP contribution in [-0.2, 0) is 9.47 Å². The maximum Gasteiger partial charge on any atom is 0.277 e. The van der Waals surface area contributed by atoms with Crippen molar-refractivity contribution >= 4 is 11.6 Å². The molecule has 4 aliphatic rings. The lowest BCUT2D eigenvalue weighted by molar-refractivity contribution is -0.229. The number of carbonyl (C=O) groups excluding carboxylic acids is 1. The minimum atomic E-state index is -0.742. The van der Waals surface area contributed by atoms with E-state index in [1.54, 1.807) is 26.4 Å². The number of aliphatic imine (C=N–C) groups is 1. The standard InChI is InChI=1S/C21H23NO3/c1-24-21(25-2)13-12-17(22-20(23)16-6-4-3-5-7-16)18-14-8-10-15(11-9-14)19(18)21/h3-8,10,12-15,18-19H,9,11H2,1-2H3. The Kier molecular flexibility index (Phi) is 4.18. The van der Waals surface area contributed by atoms with Crippen molar-refractivity contribution in [2.45, 2.75) is 18.6 Å². The maximum atomic E-state index is 12.6. The fraction of sp³-hybridized carbons (Fsp3) is 0.429. The van der Waals surface area contributed by atoms with Crippen LogP contribution in [0.5, 0.6) is 0 Å². The summed E-state index contributed by atoms with van der Waals surface area (Å²) in [6.07, 6.45) is 10.7. The molecule has 4 aliphatic carbocycles. The van der Waals surface area contributed by atoms with Crippen molar-refractivity contribution in [1.82, 2.24) is 0 Å². The molecule has 4 nitrogen and oxygen atoms in total. The molecule has 2 bridgehead atoms. The number of allylic oxidation sites excluding steroid dienone is 3. The van der Waals surface area contributed by atoms with E-state index in [-0.39, 0.29) is 17.7 Å². The Bertz CT molecular complexity index is 746. The van der Waals surface area contributed by atoms with Gasteiger partial charge in [0, 0.05) is 37.3 Å². The lowest BCUT2D eigenvalue weighted by Crippen LogP contribution is -2.56. The first kappa shape index (κ1) is 16.4. The van der Waals surface area contributed by atoms with Crippen LogP contribution >= 0.6 is 0 Å². The molecular formula is C21H23NO3. The fourth-order valence-corrected chi connectivity index (χ4v) is 4.74. The summed E-state index contributed by atoms with van der Waals surface area (Å²) < 4.78 is 11.6. The molecule has 0 aromatic heterocycles.